The first kappa shape index (κ1) is 11.7. The third-order valence-electron chi connectivity index (χ3n) is 4.76. The summed E-state index contributed by atoms with van der Waals surface area (Å²) in [6, 6.07) is 0. The van der Waals surface area contributed by atoms with Gasteiger partial charge in [0.1, 0.15) is 0 Å². The fourth-order valence-corrected chi connectivity index (χ4v) is 3.35. The number of allylic oxidation sites excluding steroid dienone is 1. The highest BCUT2D eigenvalue weighted by molar-refractivity contribution is 5.12. The van der Waals surface area contributed by atoms with E-state index in [1.165, 1.54) is 12.0 Å². The van der Waals surface area contributed by atoms with E-state index in [-0.39, 0.29) is 11.0 Å². The maximum absolute atomic E-state index is 5.93. The standard InChI is InChI=1S/C15H24O2/c1-10-6-5-7-15(4)12(17-15)9-14(2,3)13-11(8-10)16-13/h6,11-13H,5,7-9H2,1-4H3/b10-6+/t11-,12+,13+,15+/m1/s1. The van der Waals surface area contributed by atoms with Crippen LogP contribution in [0.15, 0.2) is 11.6 Å². The van der Waals surface area contributed by atoms with Crippen molar-refractivity contribution < 1.29 is 9.47 Å². The van der Waals surface area contributed by atoms with Crippen molar-refractivity contribution in [2.24, 2.45) is 5.41 Å². The van der Waals surface area contributed by atoms with E-state index in [2.05, 4.69) is 33.8 Å². The molecule has 2 nitrogen and oxygen atoms in total. The molecule has 0 radical (unpaired) electrons. The lowest BCUT2D eigenvalue weighted by molar-refractivity contribution is 0.202. The molecule has 0 saturated carbocycles. The fraction of sp³-hybridized carbons (Fsp3) is 0.867. The second-order valence-electron chi connectivity index (χ2n) is 7.00. The topological polar surface area (TPSA) is 25.1 Å². The third kappa shape index (κ3) is 2.17. The van der Waals surface area contributed by atoms with Crippen molar-refractivity contribution >= 4 is 0 Å². The first-order valence-electron chi connectivity index (χ1n) is 6.90. The first-order chi connectivity index (χ1) is 7.91. The smallest absolute Gasteiger partial charge is 0.0923 e. The lowest BCUT2D eigenvalue weighted by atomic mass is 9.80. The van der Waals surface area contributed by atoms with Crippen molar-refractivity contribution in [3.05, 3.63) is 11.6 Å². The van der Waals surface area contributed by atoms with E-state index in [1.54, 1.807) is 0 Å². The summed E-state index contributed by atoms with van der Waals surface area (Å²) in [4.78, 5) is 0. The zero-order valence-corrected chi connectivity index (χ0v) is 11.5. The molecule has 3 aliphatic rings. The van der Waals surface area contributed by atoms with Gasteiger partial charge in [0.2, 0.25) is 0 Å². The monoisotopic (exact) mass is 236 g/mol. The molecule has 96 valence electrons. The van der Waals surface area contributed by atoms with Crippen LogP contribution in [0.3, 0.4) is 0 Å². The number of epoxide rings is 2. The van der Waals surface area contributed by atoms with Crippen LogP contribution in [-0.4, -0.2) is 23.9 Å². The van der Waals surface area contributed by atoms with Gasteiger partial charge in [-0.15, -0.1) is 0 Å². The highest BCUT2D eigenvalue weighted by atomic mass is 16.6. The largest absolute Gasteiger partial charge is 0.369 e. The van der Waals surface area contributed by atoms with Gasteiger partial charge in [-0.2, -0.15) is 0 Å². The maximum atomic E-state index is 5.93. The predicted octanol–water partition coefficient (Wildman–Crippen LogP) is 3.46. The minimum atomic E-state index is 0.142. The number of rotatable bonds is 0. The Labute approximate surface area is 104 Å². The van der Waals surface area contributed by atoms with Gasteiger partial charge in [0.05, 0.1) is 23.9 Å². The summed E-state index contributed by atoms with van der Waals surface area (Å²) in [5, 5.41) is 0. The molecule has 0 amide bonds. The third-order valence-corrected chi connectivity index (χ3v) is 4.76. The van der Waals surface area contributed by atoms with E-state index in [0.29, 0.717) is 18.3 Å². The van der Waals surface area contributed by atoms with Crippen LogP contribution in [0.1, 0.15) is 53.4 Å². The molecule has 2 heterocycles. The Bertz CT molecular complexity index is 358. The van der Waals surface area contributed by atoms with Crippen molar-refractivity contribution in [3.63, 3.8) is 0 Å². The van der Waals surface area contributed by atoms with Gasteiger partial charge in [0.25, 0.3) is 0 Å². The Hall–Kier alpha value is -0.340. The Morgan fingerprint density at radius 2 is 2.06 bits per heavy atom. The maximum Gasteiger partial charge on any atom is 0.0923 e. The van der Waals surface area contributed by atoms with Crippen molar-refractivity contribution in [2.75, 3.05) is 0 Å². The van der Waals surface area contributed by atoms with Crippen LogP contribution in [0.5, 0.6) is 0 Å². The number of fused-ring (bicyclic) bond motifs is 2. The molecule has 2 heteroatoms. The second kappa shape index (κ2) is 3.58. The lowest BCUT2D eigenvalue weighted by Crippen LogP contribution is -2.25. The van der Waals surface area contributed by atoms with Crippen LogP contribution in [0.4, 0.5) is 0 Å². The summed E-state index contributed by atoms with van der Waals surface area (Å²) in [5.74, 6) is 0. The van der Waals surface area contributed by atoms with Crippen molar-refractivity contribution in [3.8, 4) is 0 Å². The van der Waals surface area contributed by atoms with Gasteiger partial charge in [-0.1, -0.05) is 25.5 Å². The average molecular weight is 236 g/mol. The minimum Gasteiger partial charge on any atom is -0.369 e. The molecule has 0 unspecified atom stereocenters. The summed E-state index contributed by atoms with van der Waals surface area (Å²) in [5.41, 5.74) is 1.89. The molecule has 0 aromatic rings. The summed E-state index contributed by atoms with van der Waals surface area (Å²) in [6.07, 6.45) is 8.31. The summed E-state index contributed by atoms with van der Waals surface area (Å²) < 4.78 is 11.8. The minimum absolute atomic E-state index is 0.142. The molecule has 0 spiro atoms. The van der Waals surface area contributed by atoms with E-state index >= 15 is 0 Å². The Morgan fingerprint density at radius 3 is 2.82 bits per heavy atom. The Balaban J connectivity index is 1.77. The van der Waals surface area contributed by atoms with Gasteiger partial charge in [-0.25, -0.2) is 0 Å². The molecule has 0 aromatic heterocycles. The molecule has 3 rings (SSSR count). The van der Waals surface area contributed by atoms with Crippen molar-refractivity contribution in [1.29, 1.82) is 0 Å². The molecule has 17 heavy (non-hydrogen) atoms. The highest BCUT2D eigenvalue weighted by Gasteiger charge is 2.57. The molecule has 1 aliphatic carbocycles. The van der Waals surface area contributed by atoms with Crippen LogP contribution in [-0.2, 0) is 9.47 Å². The van der Waals surface area contributed by atoms with Crippen LogP contribution < -0.4 is 0 Å². The predicted molar refractivity (Wildman–Crippen MR) is 67.9 cm³/mol. The summed E-state index contributed by atoms with van der Waals surface area (Å²) in [6.45, 7) is 9.16. The van der Waals surface area contributed by atoms with Crippen LogP contribution in [0.2, 0.25) is 0 Å². The fourth-order valence-electron chi connectivity index (χ4n) is 3.35. The van der Waals surface area contributed by atoms with E-state index in [1.807, 2.05) is 0 Å². The summed E-state index contributed by atoms with van der Waals surface area (Å²) >= 11 is 0. The number of ether oxygens (including phenoxy) is 2. The SMILES string of the molecule is C/C1=C\CC[C@]2(C)O[C@H]2CC(C)(C)[C@H]2O[C@@H]2C1. The molecule has 2 saturated heterocycles. The molecular formula is C15H24O2. The zero-order valence-electron chi connectivity index (χ0n) is 11.5. The molecule has 2 fully saturated rings. The Kier molecular flexibility index (Phi) is 2.47. The normalized spacial score (nSPS) is 51.3. The van der Waals surface area contributed by atoms with Crippen LogP contribution in [0.25, 0.3) is 0 Å². The number of hydrogen-bond acceptors (Lipinski definition) is 2. The van der Waals surface area contributed by atoms with Gasteiger partial charge in [-0.3, -0.25) is 0 Å². The van der Waals surface area contributed by atoms with Crippen LogP contribution >= 0.6 is 0 Å². The quantitative estimate of drug-likeness (QED) is 0.475. The van der Waals surface area contributed by atoms with Crippen LogP contribution in [0, 0.1) is 5.41 Å². The first-order valence-corrected chi connectivity index (χ1v) is 6.90. The Morgan fingerprint density at radius 1 is 1.29 bits per heavy atom. The van der Waals surface area contributed by atoms with Crippen molar-refractivity contribution in [1.82, 2.24) is 0 Å². The molecule has 2 aliphatic heterocycles. The van der Waals surface area contributed by atoms with E-state index < -0.39 is 0 Å². The average Bonchev–Trinajstić information content (AvgIpc) is 3.05. The molecular weight excluding hydrogens is 212 g/mol. The van der Waals surface area contributed by atoms with Gasteiger partial charge in [0, 0.05) is 0 Å². The second-order valence-corrected chi connectivity index (χ2v) is 7.00. The summed E-state index contributed by atoms with van der Waals surface area (Å²) in [7, 11) is 0. The lowest BCUT2D eigenvalue weighted by Gasteiger charge is -2.22. The van der Waals surface area contributed by atoms with Gasteiger partial charge < -0.3 is 9.47 Å². The van der Waals surface area contributed by atoms with Gasteiger partial charge in [-0.05, 0) is 44.9 Å². The van der Waals surface area contributed by atoms with Gasteiger partial charge >= 0.3 is 0 Å². The zero-order chi connectivity index (χ0) is 12.3. The van der Waals surface area contributed by atoms with E-state index in [9.17, 15) is 0 Å². The van der Waals surface area contributed by atoms with E-state index in [4.69, 9.17) is 9.47 Å². The molecule has 4 atom stereocenters. The molecule has 0 bridgehead atoms. The highest BCUT2D eigenvalue weighted by Crippen LogP contribution is 2.52. The molecule has 0 aromatic carbocycles. The van der Waals surface area contributed by atoms with Gasteiger partial charge in [0.15, 0.2) is 0 Å². The van der Waals surface area contributed by atoms with E-state index in [0.717, 1.165) is 19.3 Å². The number of hydrogen-bond donors (Lipinski definition) is 0. The molecule has 0 N–H and O–H groups in total. The van der Waals surface area contributed by atoms with Crippen molar-refractivity contribution in [2.45, 2.75) is 77.3 Å².